The predicted octanol–water partition coefficient (Wildman–Crippen LogP) is 4.86. The van der Waals surface area contributed by atoms with Crippen LogP contribution in [0.1, 0.15) is 18.7 Å². The number of rotatable bonds is 4. The third-order valence-corrected chi connectivity index (χ3v) is 4.78. The molecule has 114 valence electrons. The lowest BCUT2D eigenvalue weighted by Gasteiger charge is -2.14. The maximum atomic E-state index is 4.49. The average Bonchev–Trinajstić information content (AvgIpc) is 3.26. The number of fused-ring (bicyclic) bond motifs is 1. The van der Waals surface area contributed by atoms with Crippen LogP contribution < -0.4 is 5.32 Å². The van der Waals surface area contributed by atoms with Crippen LogP contribution in [-0.2, 0) is 0 Å². The molecule has 4 aromatic rings. The summed E-state index contributed by atoms with van der Waals surface area (Å²) in [4.78, 5) is 13.1. The van der Waals surface area contributed by atoms with Crippen molar-refractivity contribution in [1.29, 1.82) is 0 Å². The molecule has 2 N–H and O–H groups in total. The number of thiophene rings is 1. The lowest BCUT2D eigenvalue weighted by molar-refractivity contribution is 0.843. The maximum absolute atomic E-state index is 4.49. The van der Waals surface area contributed by atoms with E-state index in [9.17, 15) is 0 Å². The van der Waals surface area contributed by atoms with Crippen LogP contribution >= 0.6 is 11.3 Å². The Balaban J connectivity index is 1.79. The van der Waals surface area contributed by atoms with Gasteiger partial charge in [0, 0.05) is 22.8 Å². The zero-order valence-electron chi connectivity index (χ0n) is 12.7. The maximum Gasteiger partial charge on any atom is 0.139 e. The minimum Gasteiger partial charge on any atom is -0.363 e. The van der Waals surface area contributed by atoms with Gasteiger partial charge in [0.1, 0.15) is 17.0 Å². The Labute approximate surface area is 138 Å². The summed E-state index contributed by atoms with van der Waals surface area (Å²) in [6.45, 7) is 2.12. The van der Waals surface area contributed by atoms with E-state index in [-0.39, 0.29) is 6.04 Å². The molecule has 1 unspecified atom stereocenters. The summed E-state index contributed by atoms with van der Waals surface area (Å²) in [5.74, 6) is 0.872. The molecular weight excluding hydrogens is 304 g/mol. The van der Waals surface area contributed by atoms with Crippen molar-refractivity contribution in [3.8, 4) is 11.1 Å². The lowest BCUT2D eigenvalue weighted by atomic mass is 10.1. The first-order valence-corrected chi connectivity index (χ1v) is 8.38. The number of aromatic nitrogens is 3. The molecule has 0 aliphatic rings. The minimum atomic E-state index is 0.145. The number of aromatic amines is 1. The third-order valence-electron chi connectivity index (χ3n) is 3.90. The van der Waals surface area contributed by atoms with Gasteiger partial charge in [0.15, 0.2) is 0 Å². The molecule has 1 aromatic carbocycles. The van der Waals surface area contributed by atoms with Gasteiger partial charge in [-0.25, -0.2) is 9.97 Å². The zero-order chi connectivity index (χ0) is 15.6. The first-order valence-electron chi connectivity index (χ1n) is 7.50. The van der Waals surface area contributed by atoms with Gasteiger partial charge < -0.3 is 10.3 Å². The van der Waals surface area contributed by atoms with E-state index in [0.717, 1.165) is 21.7 Å². The van der Waals surface area contributed by atoms with Crippen LogP contribution in [0.4, 0.5) is 5.82 Å². The van der Waals surface area contributed by atoms with Crippen molar-refractivity contribution in [2.24, 2.45) is 0 Å². The standard InChI is InChI=1S/C18H16N4S/c1-12(15-8-5-9-19-15)22-17-16-14(13-6-3-2-4-7-13)10-23-18(16)21-11-20-17/h2-12,19H,1H3,(H,20,21,22). The molecule has 4 nitrogen and oxygen atoms in total. The highest BCUT2D eigenvalue weighted by Crippen LogP contribution is 2.37. The number of hydrogen-bond donors (Lipinski definition) is 2. The Morgan fingerprint density at radius 3 is 2.74 bits per heavy atom. The topological polar surface area (TPSA) is 53.6 Å². The first kappa shape index (κ1) is 14.0. The van der Waals surface area contributed by atoms with Gasteiger partial charge in [-0.05, 0) is 24.6 Å². The fraction of sp³-hybridized carbons (Fsp3) is 0.111. The number of anilines is 1. The number of nitrogens with one attached hydrogen (secondary N) is 2. The second-order valence-corrected chi connectivity index (χ2v) is 6.27. The van der Waals surface area contributed by atoms with Crippen LogP contribution in [0.25, 0.3) is 21.3 Å². The van der Waals surface area contributed by atoms with Gasteiger partial charge in [0.05, 0.1) is 11.4 Å². The summed E-state index contributed by atoms with van der Waals surface area (Å²) in [6, 6.07) is 14.6. The molecule has 4 rings (SSSR count). The van der Waals surface area contributed by atoms with E-state index in [4.69, 9.17) is 0 Å². The summed E-state index contributed by atoms with van der Waals surface area (Å²) in [5, 5.41) is 6.75. The molecule has 1 atom stereocenters. The quantitative estimate of drug-likeness (QED) is 0.564. The molecule has 0 radical (unpaired) electrons. The molecule has 0 fully saturated rings. The van der Waals surface area contributed by atoms with E-state index < -0.39 is 0 Å². The van der Waals surface area contributed by atoms with E-state index in [1.54, 1.807) is 17.7 Å². The zero-order valence-corrected chi connectivity index (χ0v) is 13.5. The number of benzene rings is 1. The van der Waals surface area contributed by atoms with Crippen molar-refractivity contribution in [3.63, 3.8) is 0 Å². The van der Waals surface area contributed by atoms with E-state index >= 15 is 0 Å². The van der Waals surface area contributed by atoms with E-state index in [2.05, 4.69) is 62.9 Å². The molecule has 5 heteroatoms. The lowest BCUT2D eigenvalue weighted by Crippen LogP contribution is -2.08. The minimum absolute atomic E-state index is 0.145. The Morgan fingerprint density at radius 2 is 1.96 bits per heavy atom. The average molecular weight is 320 g/mol. The van der Waals surface area contributed by atoms with Gasteiger partial charge in [-0.3, -0.25) is 0 Å². The van der Waals surface area contributed by atoms with Crippen molar-refractivity contribution in [2.75, 3.05) is 5.32 Å². The van der Waals surface area contributed by atoms with Gasteiger partial charge in [-0.15, -0.1) is 11.3 Å². The highest BCUT2D eigenvalue weighted by Gasteiger charge is 2.15. The molecule has 0 aliphatic carbocycles. The molecule has 0 spiro atoms. The molecule has 0 amide bonds. The summed E-state index contributed by atoms with van der Waals surface area (Å²) < 4.78 is 0. The third kappa shape index (κ3) is 2.59. The van der Waals surface area contributed by atoms with E-state index in [0.29, 0.717) is 0 Å². The van der Waals surface area contributed by atoms with Crippen molar-refractivity contribution in [2.45, 2.75) is 13.0 Å². The van der Waals surface area contributed by atoms with Crippen molar-refractivity contribution < 1.29 is 0 Å². The SMILES string of the molecule is CC(Nc1ncnc2scc(-c3ccccc3)c12)c1ccc[nH]1. The molecular formula is C18H16N4S. The Bertz CT molecular complexity index is 913. The molecule has 0 bridgehead atoms. The highest BCUT2D eigenvalue weighted by molar-refractivity contribution is 7.17. The van der Waals surface area contributed by atoms with Crippen molar-refractivity contribution in [3.05, 3.63) is 66.1 Å². The number of nitrogens with zero attached hydrogens (tertiary/aromatic N) is 2. The Hall–Kier alpha value is -2.66. The summed E-state index contributed by atoms with van der Waals surface area (Å²) in [6.07, 6.45) is 3.56. The van der Waals surface area contributed by atoms with Gasteiger partial charge in [0.25, 0.3) is 0 Å². The van der Waals surface area contributed by atoms with Crippen molar-refractivity contribution in [1.82, 2.24) is 15.0 Å². The van der Waals surface area contributed by atoms with Gasteiger partial charge >= 0.3 is 0 Å². The largest absolute Gasteiger partial charge is 0.363 e. The number of hydrogen-bond acceptors (Lipinski definition) is 4. The molecule has 0 aliphatic heterocycles. The summed E-state index contributed by atoms with van der Waals surface area (Å²) in [7, 11) is 0. The van der Waals surface area contributed by atoms with Gasteiger partial charge in [0.2, 0.25) is 0 Å². The molecule has 0 saturated carbocycles. The highest BCUT2D eigenvalue weighted by atomic mass is 32.1. The summed E-state index contributed by atoms with van der Waals surface area (Å²) in [5.41, 5.74) is 3.49. The molecule has 3 aromatic heterocycles. The predicted molar refractivity (Wildman–Crippen MR) is 95.7 cm³/mol. The fourth-order valence-corrected chi connectivity index (χ4v) is 3.63. The van der Waals surface area contributed by atoms with Crippen molar-refractivity contribution >= 4 is 27.4 Å². The molecule has 0 saturated heterocycles. The Kier molecular flexibility index (Phi) is 3.55. The van der Waals surface area contributed by atoms with Crippen LogP contribution in [0.15, 0.2) is 60.4 Å². The second-order valence-electron chi connectivity index (χ2n) is 5.41. The number of H-pyrrole nitrogens is 1. The first-order chi connectivity index (χ1) is 11.3. The normalized spacial score (nSPS) is 12.4. The smallest absolute Gasteiger partial charge is 0.139 e. The Morgan fingerprint density at radius 1 is 1.09 bits per heavy atom. The van der Waals surface area contributed by atoms with Gasteiger partial charge in [-0.2, -0.15) is 0 Å². The van der Waals surface area contributed by atoms with Crippen LogP contribution in [0.3, 0.4) is 0 Å². The molecule has 3 heterocycles. The molecule has 23 heavy (non-hydrogen) atoms. The van der Waals surface area contributed by atoms with Crippen LogP contribution in [0.2, 0.25) is 0 Å². The van der Waals surface area contributed by atoms with Crippen LogP contribution in [0, 0.1) is 0 Å². The van der Waals surface area contributed by atoms with E-state index in [1.165, 1.54) is 11.1 Å². The fourth-order valence-electron chi connectivity index (χ4n) is 2.71. The van der Waals surface area contributed by atoms with Crippen LogP contribution in [0.5, 0.6) is 0 Å². The van der Waals surface area contributed by atoms with E-state index in [1.807, 2.05) is 18.3 Å². The second kappa shape index (κ2) is 5.85. The van der Waals surface area contributed by atoms with Gasteiger partial charge in [-0.1, -0.05) is 30.3 Å². The summed E-state index contributed by atoms with van der Waals surface area (Å²) >= 11 is 1.65. The monoisotopic (exact) mass is 320 g/mol. The van der Waals surface area contributed by atoms with Crippen LogP contribution in [-0.4, -0.2) is 15.0 Å².